The highest BCUT2D eigenvalue weighted by molar-refractivity contribution is 7.89. The largest absolute Gasteiger partial charge is 0.371 e. The van der Waals surface area contributed by atoms with Crippen molar-refractivity contribution in [2.45, 2.75) is 11.6 Å². The predicted molar refractivity (Wildman–Crippen MR) is 81.6 cm³/mol. The molecule has 0 amide bonds. The lowest BCUT2D eigenvalue weighted by Gasteiger charge is -2.06. The third-order valence-electron chi connectivity index (χ3n) is 2.73. The molecular formula is C10H11N5O3S3. The van der Waals surface area contributed by atoms with Crippen LogP contribution in [0.3, 0.4) is 0 Å². The number of sulfonamides is 1. The number of hydrogen-bond donors (Lipinski definition) is 3. The van der Waals surface area contributed by atoms with Crippen molar-refractivity contribution in [3.05, 3.63) is 32.3 Å². The smallest absolute Gasteiger partial charge is 0.304 e. The highest BCUT2D eigenvalue weighted by Crippen LogP contribution is 2.25. The summed E-state index contributed by atoms with van der Waals surface area (Å²) in [6, 6.07) is 0. The van der Waals surface area contributed by atoms with E-state index in [-0.39, 0.29) is 22.3 Å². The number of nitrogens with zero attached hydrogens (tertiary/aromatic N) is 2. The van der Waals surface area contributed by atoms with E-state index >= 15 is 0 Å². The zero-order chi connectivity index (χ0) is 15.0. The molecule has 3 N–H and O–H groups in total. The van der Waals surface area contributed by atoms with Gasteiger partial charge in [-0.25, -0.2) is 18.1 Å². The van der Waals surface area contributed by atoms with Crippen molar-refractivity contribution in [2.75, 3.05) is 12.4 Å². The SMILES string of the molecule is CNc1nc2sccn2c1S(=O)(=O)NCc1csc(=O)[nH]1. The van der Waals surface area contributed by atoms with Crippen molar-refractivity contribution in [2.24, 2.45) is 0 Å². The Hall–Kier alpha value is -1.69. The van der Waals surface area contributed by atoms with Crippen LogP contribution in [-0.2, 0) is 16.6 Å². The molecular weight excluding hydrogens is 334 g/mol. The van der Waals surface area contributed by atoms with Crippen molar-refractivity contribution in [1.82, 2.24) is 19.1 Å². The zero-order valence-corrected chi connectivity index (χ0v) is 13.2. The standard InChI is InChI=1S/C10H11N5O3S3/c1-11-7-8(15-2-3-19-9(15)14-7)21(17,18)12-4-6-5-20-10(16)13-6/h2-3,5,11-12H,4H2,1H3,(H,13,16). The number of H-pyrrole nitrogens is 1. The van der Waals surface area contributed by atoms with Crippen LogP contribution in [0.5, 0.6) is 0 Å². The van der Waals surface area contributed by atoms with E-state index < -0.39 is 10.0 Å². The lowest BCUT2D eigenvalue weighted by atomic mass is 10.5. The first kappa shape index (κ1) is 14.3. The van der Waals surface area contributed by atoms with Gasteiger partial charge in [0.05, 0.1) is 6.54 Å². The summed E-state index contributed by atoms with van der Waals surface area (Å²) in [4.78, 5) is 18.2. The van der Waals surface area contributed by atoms with Gasteiger partial charge in [-0.05, 0) is 0 Å². The first-order valence-corrected chi connectivity index (χ1v) is 9.05. The van der Waals surface area contributed by atoms with E-state index in [4.69, 9.17) is 0 Å². The topological polar surface area (TPSA) is 108 Å². The minimum absolute atomic E-state index is 0.0155. The fourth-order valence-electron chi connectivity index (χ4n) is 1.83. The third-order valence-corrected chi connectivity index (χ3v) is 5.63. The van der Waals surface area contributed by atoms with E-state index in [1.807, 2.05) is 0 Å². The Balaban J connectivity index is 1.95. The number of rotatable bonds is 5. The summed E-state index contributed by atoms with van der Waals surface area (Å²) in [5.41, 5.74) is 0.519. The Labute approximate surface area is 127 Å². The number of aromatic amines is 1. The maximum atomic E-state index is 12.5. The van der Waals surface area contributed by atoms with Crippen molar-refractivity contribution in [1.29, 1.82) is 0 Å². The van der Waals surface area contributed by atoms with E-state index in [0.29, 0.717) is 10.7 Å². The van der Waals surface area contributed by atoms with Crippen LogP contribution in [-0.4, -0.2) is 29.8 Å². The van der Waals surface area contributed by atoms with Gasteiger partial charge in [0, 0.05) is 29.7 Å². The molecule has 0 aliphatic rings. The maximum absolute atomic E-state index is 12.5. The first-order chi connectivity index (χ1) is 10.0. The highest BCUT2D eigenvalue weighted by Gasteiger charge is 2.25. The molecule has 0 fully saturated rings. The molecule has 0 atom stereocenters. The number of anilines is 1. The molecule has 0 aliphatic carbocycles. The van der Waals surface area contributed by atoms with E-state index in [2.05, 4.69) is 20.0 Å². The predicted octanol–water partition coefficient (Wildman–Crippen LogP) is 0.666. The van der Waals surface area contributed by atoms with Crippen molar-refractivity contribution in [3.8, 4) is 0 Å². The Morgan fingerprint density at radius 3 is 2.90 bits per heavy atom. The molecule has 0 bridgehead atoms. The maximum Gasteiger partial charge on any atom is 0.304 e. The van der Waals surface area contributed by atoms with Gasteiger partial charge in [-0.2, -0.15) is 0 Å². The van der Waals surface area contributed by atoms with Crippen LogP contribution < -0.4 is 14.9 Å². The fourth-order valence-corrected chi connectivity index (χ4v) is 4.47. The summed E-state index contributed by atoms with van der Waals surface area (Å²) in [6.45, 7) is 0.0155. The molecule has 8 nitrogen and oxygen atoms in total. The molecule has 0 aliphatic heterocycles. The van der Waals surface area contributed by atoms with Gasteiger partial charge >= 0.3 is 4.87 Å². The van der Waals surface area contributed by atoms with Crippen LogP contribution in [0.2, 0.25) is 0 Å². The third kappa shape index (κ3) is 2.60. The van der Waals surface area contributed by atoms with Crippen LogP contribution in [0.1, 0.15) is 5.69 Å². The Kier molecular flexibility index (Phi) is 3.57. The van der Waals surface area contributed by atoms with E-state index in [1.165, 1.54) is 15.7 Å². The monoisotopic (exact) mass is 345 g/mol. The molecule has 112 valence electrons. The summed E-state index contributed by atoms with van der Waals surface area (Å²) in [7, 11) is -2.16. The number of thiazole rings is 2. The second-order valence-electron chi connectivity index (χ2n) is 4.07. The lowest BCUT2D eigenvalue weighted by Crippen LogP contribution is -2.25. The Bertz CT molecular complexity index is 933. The van der Waals surface area contributed by atoms with Gasteiger partial charge in [-0.15, -0.1) is 11.3 Å². The minimum atomic E-state index is -3.77. The Morgan fingerprint density at radius 2 is 2.24 bits per heavy atom. The molecule has 3 heterocycles. The summed E-state index contributed by atoms with van der Waals surface area (Å²) in [6.07, 6.45) is 1.65. The van der Waals surface area contributed by atoms with Gasteiger partial charge in [0.1, 0.15) is 0 Å². The minimum Gasteiger partial charge on any atom is -0.371 e. The molecule has 3 aromatic heterocycles. The lowest BCUT2D eigenvalue weighted by molar-refractivity contribution is 0.576. The van der Waals surface area contributed by atoms with Crippen LogP contribution in [0.15, 0.2) is 26.8 Å². The number of fused-ring (bicyclic) bond motifs is 1. The molecule has 0 aromatic carbocycles. The highest BCUT2D eigenvalue weighted by atomic mass is 32.2. The van der Waals surface area contributed by atoms with Gasteiger partial charge < -0.3 is 10.3 Å². The molecule has 11 heteroatoms. The molecule has 0 spiro atoms. The van der Waals surface area contributed by atoms with E-state index in [0.717, 1.165) is 11.3 Å². The van der Waals surface area contributed by atoms with Gasteiger partial charge in [0.25, 0.3) is 10.0 Å². The quantitative estimate of drug-likeness (QED) is 0.630. The number of hydrogen-bond acceptors (Lipinski definition) is 7. The summed E-state index contributed by atoms with van der Waals surface area (Å²) >= 11 is 2.34. The first-order valence-electron chi connectivity index (χ1n) is 5.81. The zero-order valence-electron chi connectivity index (χ0n) is 10.8. The van der Waals surface area contributed by atoms with Gasteiger partial charge in [-0.1, -0.05) is 11.3 Å². The van der Waals surface area contributed by atoms with Gasteiger partial charge in [0.2, 0.25) is 0 Å². The van der Waals surface area contributed by atoms with E-state index in [9.17, 15) is 13.2 Å². The molecule has 3 aromatic rings. The molecule has 0 saturated heterocycles. The van der Waals surface area contributed by atoms with Gasteiger partial charge in [0.15, 0.2) is 15.8 Å². The van der Waals surface area contributed by atoms with E-state index in [1.54, 1.807) is 24.0 Å². The van der Waals surface area contributed by atoms with Crippen molar-refractivity contribution < 1.29 is 8.42 Å². The summed E-state index contributed by atoms with van der Waals surface area (Å²) < 4.78 is 28.9. The van der Waals surface area contributed by atoms with Gasteiger partial charge in [-0.3, -0.25) is 9.20 Å². The number of nitrogens with one attached hydrogen (secondary N) is 3. The molecule has 0 radical (unpaired) electrons. The van der Waals surface area contributed by atoms with Crippen LogP contribution >= 0.6 is 22.7 Å². The second-order valence-corrected chi connectivity index (χ2v) is 7.47. The van der Waals surface area contributed by atoms with Crippen LogP contribution in [0.25, 0.3) is 4.96 Å². The molecule has 0 unspecified atom stereocenters. The van der Waals surface area contributed by atoms with Crippen LogP contribution in [0, 0.1) is 0 Å². The summed E-state index contributed by atoms with van der Waals surface area (Å²) in [5.74, 6) is 0.285. The Morgan fingerprint density at radius 1 is 1.43 bits per heavy atom. The number of imidazole rings is 1. The second kappa shape index (κ2) is 5.26. The average Bonchev–Trinajstić information content (AvgIpc) is 3.10. The molecule has 3 rings (SSSR count). The summed E-state index contributed by atoms with van der Waals surface area (Å²) in [5, 5.41) is 6.18. The molecule has 21 heavy (non-hydrogen) atoms. The van der Waals surface area contributed by atoms with Crippen molar-refractivity contribution >= 4 is 43.5 Å². The molecule has 0 saturated carbocycles. The normalized spacial score (nSPS) is 12.0. The number of aromatic nitrogens is 3. The average molecular weight is 345 g/mol. The van der Waals surface area contributed by atoms with Crippen molar-refractivity contribution in [3.63, 3.8) is 0 Å². The van der Waals surface area contributed by atoms with Crippen LogP contribution in [0.4, 0.5) is 5.82 Å². The fraction of sp³-hybridized carbons (Fsp3) is 0.200.